The molecule has 26 nitrogen and oxygen atoms in total. The Morgan fingerprint density at radius 3 is 1.99 bits per heavy atom. The van der Waals surface area contributed by atoms with Crippen molar-refractivity contribution in [3.8, 4) is 0 Å². The number of hydrogen-bond donors (Lipinski definition) is 5. The van der Waals surface area contributed by atoms with Crippen LogP contribution in [0.2, 0.25) is 0 Å². The van der Waals surface area contributed by atoms with Crippen LogP contribution in [0.1, 0.15) is 154 Å². The van der Waals surface area contributed by atoms with Crippen molar-refractivity contribution in [3.63, 3.8) is 0 Å². The first-order chi connectivity index (χ1) is 43.9. The third kappa shape index (κ3) is 14.1. The van der Waals surface area contributed by atoms with E-state index in [4.69, 9.17) is 61.6 Å². The van der Waals surface area contributed by atoms with E-state index in [1.807, 2.05) is 32.9 Å². The molecule has 2 bridgehead atoms. The fourth-order valence-electron chi connectivity index (χ4n) is 17.3. The van der Waals surface area contributed by atoms with Gasteiger partial charge in [-0.15, -0.1) is 0 Å². The Hall–Kier alpha value is -4.81. The molecule has 3 unspecified atom stereocenters. The van der Waals surface area contributed by atoms with Gasteiger partial charge in [0, 0.05) is 74.0 Å². The third-order valence-corrected chi connectivity index (χ3v) is 22.1. The number of rotatable bonds is 14. The highest BCUT2D eigenvalue weighted by Crippen LogP contribution is 2.60. The largest absolute Gasteiger partial charge is 0.507 e. The zero-order valence-corrected chi connectivity index (χ0v) is 55.7. The predicted molar refractivity (Wildman–Crippen MR) is 325 cm³/mol. The molecule has 30 atom stereocenters. The van der Waals surface area contributed by atoms with Gasteiger partial charge in [-0.05, 0) is 104 Å². The first-order valence-corrected chi connectivity index (χ1v) is 33.4. The molecule has 2 saturated carbocycles. The number of aldehydes is 1. The molecule has 1 amide bonds. The Kier molecular flexibility index (Phi) is 21.6. The summed E-state index contributed by atoms with van der Waals surface area (Å²) in [6.45, 7) is 21.1. The van der Waals surface area contributed by atoms with E-state index in [-0.39, 0.29) is 50.4 Å². The number of amides is 1. The molecular weight excluding hydrogens is 1220 g/mol. The van der Waals surface area contributed by atoms with Crippen LogP contribution in [0.15, 0.2) is 46.8 Å². The molecule has 0 radical (unpaired) electrons. The molecule has 26 heteroatoms. The van der Waals surface area contributed by atoms with Crippen molar-refractivity contribution in [2.45, 2.75) is 288 Å². The zero-order chi connectivity index (χ0) is 67.5. The highest BCUT2D eigenvalue weighted by atomic mass is 16.8. The fourth-order valence-corrected chi connectivity index (χ4v) is 17.3. The number of nitro groups is 1. The Morgan fingerprint density at radius 2 is 1.33 bits per heavy atom. The van der Waals surface area contributed by atoms with E-state index >= 15 is 4.79 Å². The lowest BCUT2D eigenvalue weighted by molar-refractivity contribution is -0.584. The number of nitrogens with zero attached hydrogens (tertiary/aromatic N) is 1. The summed E-state index contributed by atoms with van der Waals surface area (Å²) < 4.78 is 81.6. The number of alkyl carbamates (subject to hydrolysis) is 1. The van der Waals surface area contributed by atoms with Gasteiger partial charge in [-0.1, -0.05) is 50.6 Å². The third-order valence-electron chi connectivity index (χ3n) is 22.1. The molecule has 10 rings (SSSR count). The number of fused-ring (bicyclic) bond motifs is 3. The SMILES string of the molecule is COC(=O)N[C@H]1[C@@H](C)O[C@@H](O[C@H]2C/C=C(\C)[C@H]3C=C[C@@H]4[C@@H](O[C@H]5C[C@@H](O[C@H]6CCC(O[C@H]7C[C@@H](O)C(O[C@H]8CC[C@@H](O)[C@H](C)O8)[C@H](C)O7)[C@H](C)O6)[C@@H](OC(C)=O)[C@H](C)O5)[C@@H](C)C[C@H](C)[C@H]4[C@]3(C)C(=O)C3=C(O)[C@@]4(CC(C=O)C[C@@H](O)[C@H]4/C=C/2C)OC3=O)C[C@]1(C)[N+](=O)[O-]. The first-order valence-electron chi connectivity index (χ1n) is 33.4. The number of aliphatic hydroxyl groups excluding tert-OH is 4. The highest BCUT2D eigenvalue weighted by Gasteiger charge is 2.65. The quantitative estimate of drug-likeness (QED) is 0.0237. The average Bonchev–Trinajstić information content (AvgIpc) is 1.68. The molecule has 520 valence electrons. The van der Waals surface area contributed by atoms with Gasteiger partial charge in [-0.3, -0.25) is 19.7 Å². The fraction of sp³-hybridized carbons (Fsp3) is 0.806. The molecule has 6 heterocycles. The number of esters is 2. The number of methoxy groups -OCH3 is 1. The topological polar surface area (TPSA) is 341 Å². The molecule has 7 fully saturated rings. The number of Topliss-reactive ketones (excluding diaryl/α,β-unsaturated/α-hetero) is 1. The summed E-state index contributed by atoms with van der Waals surface area (Å²) in [4.78, 5) is 81.2. The van der Waals surface area contributed by atoms with Crippen molar-refractivity contribution in [1.82, 2.24) is 5.32 Å². The van der Waals surface area contributed by atoms with Crippen molar-refractivity contribution >= 4 is 30.1 Å². The Bertz CT molecular complexity index is 2890. The van der Waals surface area contributed by atoms with Crippen LogP contribution in [-0.4, -0.2) is 197 Å². The minimum absolute atomic E-state index is 0.0555. The average molecular weight is 1320 g/mol. The summed E-state index contributed by atoms with van der Waals surface area (Å²) >= 11 is 0. The van der Waals surface area contributed by atoms with Crippen molar-refractivity contribution in [1.29, 1.82) is 0 Å². The van der Waals surface area contributed by atoms with Crippen LogP contribution >= 0.6 is 0 Å². The minimum Gasteiger partial charge on any atom is -0.507 e. The minimum atomic E-state index is -2.06. The maximum Gasteiger partial charge on any atom is 0.407 e. The Morgan fingerprint density at radius 1 is 0.699 bits per heavy atom. The number of hydrogen-bond acceptors (Lipinski definition) is 24. The van der Waals surface area contributed by atoms with Gasteiger partial charge in [0.15, 0.2) is 54.7 Å². The van der Waals surface area contributed by atoms with Crippen LogP contribution < -0.4 is 5.32 Å². The van der Waals surface area contributed by atoms with Crippen LogP contribution in [0.25, 0.3) is 0 Å². The number of ether oxygens (including phenoxy) is 13. The van der Waals surface area contributed by atoms with Gasteiger partial charge in [-0.2, -0.15) is 0 Å². The van der Waals surface area contributed by atoms with Crippen LogP contribution in [0, 0.1) is 57.0 Å². The van der Waals surface area contributed by atoms with Crippen molar-refractivity contribution < 1.29 is 111 Å². The summed E-state index contributed by atoms with van der Waals surface area (Å²) in [5.41, 5.74) is -4.76. The number of carbonyl (C=O) groups excluding carboxylic acids is 5. The summed E-state index contributed by atoms with van der Waals surface area (Å²) in [6, 6.07) is -1.12. The molecule has 0 aromatic heterocycles. The van der Waals surface area contributed by atoms with Gasteiger partial charge in [0.2, 0.25) is 5.54 Å². The summed E-state index contributed by atoms with van der Waals surface area (Å²) in [5, 5.41) is 61.6. The van der Waals surface area contributed by atoms with E-state index in [1.165, 1.54) is 13.8 Å². The number of nitrogens with one attached hydrogen (secondary N) is 1. The molecule has 0 aromatic rings. The maximum absolute atomic E-state index is 16.2. The van der Waals surface area contributed by atoms with Gasteiger partial charge in [0.05, 0.1) is 86.6 Å². The lowest BCUT2D eigenvalue weighted by atomic mass is 9.48. The molecule has 4 aliphatic carbocycles. The molecule has 5 saturated heterocycles. The molecule has 10 aliphatic rings. The Balaban J connectivity index is 0.901. The summed E-state index contributed by atoms with van der Waals surface area (Å²) in [6.07, 6.45) is -4.92. The standard InChI is InChI=1S/C67H98N2O24/c1-30-14-18-47(88-54-28-65(11,69(79)80)60(38(9)86-54)68-64(78)81-13)31(2)23-43-45(73)24-40(29-70)27-67(43)62(76)55(63(77)93-67)61(75)66(12)42(30)16-15-41-56(66)32(3)22-33(4)57(41)92-53-26-49(59(37(8)85-53)87-39(10)71)90-50-21-19-48(35(6)83-50)89-52-25-46(74)58(36(7)84-52)91-51-20-17-44(72)34(5)82-51/h14-16,23,29,32-38,40-54,56-60,72-74,76H,17-22,24-28H2,1-13H3,(H,68,78)/b30-14+,31-23+/t32-,33-,34-,35-,36-,37-,38+,40?,41-,42+,43+,44+,45+,46+,47-,48?,49+,50-,51-,52-,53-,54-,56+,57-,58?,59-,60-,65-,66+,67-/m0/s1. The highest BCUT2D eigenvalue weighted by molar-refractivity contribution is 6.21. The van der Waals surface area contributed by atoms with Crippen LogP contribution in [-0.2, 0) is 80.8 Å². The van der Waals surface area contributed by atoms with E-state index in [1.54, 1.807) is 40.7 Å². The van der Waals surface area contributed by atoms with E-state index in [0.717, 1.165) is 7.11 Å². The normalized spacial score (nSPS) is 48.2. The smallest absolute Gasteiger partial charge is 0.407 e. The van der Waals surface area contributed by atoms with Crippen LogP contribution in [0.5, 0.6) is 0 Å². The molecular formula is C67H98N2O24. The number of carbonyl (C=O) groups is 5. The van der Waals surface area contributed by atoms with Gasteiger partial charge >= 0.3 is 18.0 Å². The molecule has 0 aromatic carbocycles. The van der Waals surface area contributed by atoms with Crippen LogP contribution in [0.3, 0.4) is 0 Å². The second-order valence-electron chi connectivity index (χ2n) is 28.6. The Labute approximate surface area is 543 Å². The van der Waals surface area contributed by atoms with Crippen molar-refractivity contribution in [3.05, 3.63) is 56.9 Å². The van der Waals surface area contributed by atoms with E-state index < -0.39 is 209 Å². The second-order valence-corrected chi connectivity index (χ2v) is 28.6. The molecule has 5 N–H and O–H groups in total. The molecule has 1 spiro atoms. The van der Waals surface area contributed by atoms with E-state index in [0.29, 0.717) is 49.5 Å². The number of allylic oxidation sites excluding steroid dienone is 2. The van der Waals surface area contributed by atoms with Gasteiger partial charge < -0.3 is 92.1 Å². The summed E-state index contributed by atoms with van der Waals surface area (Å²) in [5.74, 6) is -7.22. The second kappa shape index (κ2) is 28.3. The van der Waals surface area contributed by atoms with Gasteiger partial charge in [0.25, 0.3) is 0 Å². The zero-order valence-electron chi connectivity index (χ0n) is 55.7. The number of aliphatic hydroxyl groups is 4. The maximum atomic E-state index is 16.2. The summed E-state index contributed by atoms with van der Waals surface area (Å²) in [7, 11) is 1.15. The lowest BCUT2D eigenvalue weighted by Gasteiger charge is -2.56. The van der Waals surface area contributed by atoms with E-state index in [2.05, 4.69) is 25.2 Å². The van der Waals surface area contributed by atoms with Crippen molar-refractivity contribution in [2.24, 2.45) is 46.8 Å². The molecule has 6 aliphatic heterocycles. The number of ketones is 1. The van der Waals surface area contributed by atoms with Gasteiger partial charge in [-0.25, -0.2) is 9.59 Å². The lowest BCUT2D eigenvalue weighted by Crippen LogP contribution is -2.65. The van der Waals surface area contributed by atoms with Crippen LogP contribution in [0.4, 0.5) is 4.79 Å². The first kappa shape index (κ1) is 71.0. The van der Waals surface area contributed by atoms with Gasteiger partial charge in [0.1, 0.15) is 30.1 Å². The van der Waals surface area contributed by atoms with E-state index in [9.17, 15) is 49.7 Å². The monoisotopic (exact) mass is 1310 g/mol. The molecule has 93 heavy (non-hydrogen) atoms. The van der Waals surface area contributed by atoms with Crippen molar-refractivity contribution in [2.75, 3.05) is 7.11 Å². The predicted octanol–water partition coefficient (Wildman–Crippen LogP) is 6.44.